The first-order chi connectivity index (χ1) is 17.4. The lowest BCUT2D eigenvalue weighted by Crippen LogP contribution is -2.33. The number of hydrogen-bond donors (Lipinski definition) is 2. The van der Waals surface area contributed by atoms with Crippen LogP contribution in [0.5, 0.6) is 5.88 Å². The summed E-state index contributed by atoms with van der Waals surface area (Å²) in [6.45, 7) is -0.485. The SMILES string of the molecule is O=c1sc(C(Cc2ccc(Cl)cc2C(F)(F)F)=c2ccc3c(c2)C=NN=3)c(O)n1CC1COS(=O)(=O)N1. The summed E-state index contributed by atoms with van der Waals surface area (Å²) in [6, 6.07) is 7.48. The molecule has 1 aromatic heterocycles. The van der Waals surface area contributed by atoms with Crippen LogP contribution in [0.25, 0.3) is 5.57 Å². The van der Waals surface area contributed by atoms with Crippen molar-refractivity contribution in [1.82, 2.24) is 9.29 Å². The molecule has 1 saturated heterocycles. The number of benzene rings is 2. The van der Waals surface area contributed by atoms with E-state index in [2.05, 4.69) is 19.1 Å². The van der Waals surface area contributed by atoms with Gasteiger partial charge in [0.1, 0.15) is 0 Å². The molecule has 0 saturated carbocycles. The predicted molar refractivity (Wildman–Crippen MR) is 130 cm³/mol. The molecule has 5 rings (SSSR count). The molecule has 2 N–H and O–H groups in total. The van der Waals surface area contributed by atoms with Crippen LogP contribution in [0.1, 0.15) is 21.6 Å². The maximum Gasteiger partial charge on any atom is 0.416 e. The van der Waals surface area contributed by atoms with Crippen molar-refractivity contribution < 1.29 is 30.9 Å². The van der Waals surface area contributed by atoms with Crippen LogP contribution in [-0.4, -0.2) is 37.0 Å². The molecule has 1 atom stereocenters. The van der Waals surface area contributed by atoms with Gasteiger partial charge >= 0.3 is 21.4 Å². The molecule has 1 unspecified atom stereocenters. The van der Waals surface area contributed by atoms with Crippen molar-refractivity contribution in [2.24, 2.45) is 10.2 Å². The number of halogens is 4. The first-order valence-electron chi connectivity index (χ1n) is 10.6. The van der Waals surface area contributed by atoms with E-state index < -0.39 is 38.8 Å². The topological polar surface area (TPSA) is 122 Å². The Balaban J connectivity index is 1.66. The molecule has 0 bridgehead atoms. The second-order valence-corrected chi connectivity index (χ2v) is 11.0. The van der Waals surface area contributed by atoms with Crippen LogP contribution in [0.15, 0.2) is 51.4 Å². The average Bonchev–Trinajstić information content (AvgIpc) is 3.50. The number of alkyl halides is 3. The van der Waals surface area contributed by atoms with Gasteiger partial charge in [-0.15, -0.1) is 0 Å². The number of nitrogens with one attached hydrogen (secondary N) is 1. The Bertz CT molecular complexity index is 1730. The maximum atomic E-state index is 13.8. The number of nitrogens with zero attached hydrogens (tertiary/aromatic N) is 3. The van der Waals surface area contributed by atoms with Crippen LogP contribution in [0.3, 0.4) is 0 Å². The van der Waals surface area contributed by atoms with Crippen LogP contribution < -0.4 is 20.2 Å². The normalized spacial score (nSPS) is 19.1. The van der Waals surface area contributed by atoms with E-state index in [4.69, 9.17) is 11.6 Å². The molecular weight excluding hydrogens is 557 g/mol. The largest absolute Gasteiger partial charge is 0.493 e. The van der Waals surface area contributed by atoms with E-state index in [0.29, 0.717) is 27.5 Å². The quantitative estimate of drug-likeness (QED) is 0.484. The number of thiazole rings is 1. The van der Waals surface area contributed by atoms with Crippen LogP contribution in [0, 0.1) is 0 Å². The molecule has 15 heteroatoms. The van der Waals surface area contributed by atoms with E-state index in [9.17, 15) is 31.5 Å². The molecule has 0 radical (unpaired) electrons. The fourth-order valence-corrected chi connectivity index (χ4v) is 6.16. The lowest BCUT2D eigenvalue weighted by atomic mass is 9.96. The minimum atomic E-state index is -4.70. The third kappa shape index (κ3) is 5.20. The highest BCUT2D eigenvalue weighted by molar-refractivity contribution is 7.85. The first kappa shape index (κ1) is 25.6. The lowest BCUT2D eigenvalue weighted by Gasteiger charge is -2.15. The van der Waals surface area contributed by atoms with Crippen molar-refractivity contribution in [2.75, 3.05) is 6.61 Å². The Morgan fingerprint density at radius 1 is 1.27 bits per heavy atom. The third-order valence-electron chi connectivity index (χ3n) is 5.76. The van der Waals surface area contributed by atoms with Gasteiger partial charge in [-0.1, -0.05) is 35.1 Å². The summed E-state index contributed by atoms with van der Waals surface area (Å²) < 4.78 is 72.4. The van der Waals surface area contributed by atoms with Gasteiger partial charge in [-0.25, -0.2) is 0 Å². The van der Waals surface area contributed by atoms with Crippen molar-refractivity contribution in [3.8, 4) is 5.88 Å². The number of rotatable bonds is 5. The molecule has 37 heavy (non-hydrogen) atoms. The summed E-state index contributed by atoms with van der Waals surface area (Å²) in [7, 11) is -3.95. The van der Waals surface area contributed by atoms with Gasteiger partial charge in [0.05, 0.1) is 34.7 Å². The zero-order valence-corrected chi connectivity index (χ0v) is 20.9. The second-order valence-electron chi connectivity index (χ2n) is 8.26. The molecule has 9 nitrogen and oxygen atoms in total. The Morgan fingerprint density at radius 3 is 2.76 bits per heavy atom. The summed E-state index contributed by atoms with van der Waals surface area (Å²) in [6.07, 6.45) is -3.51. The summed E-state index contributed by atoms with van der Waals surface area (Å²) >= 11 is 6.47. The highest BCUT2D eigenvalue weighted by atomic mass is 35.5. The fraction of sp³-hybridized carbons (Fsp3) is 0.227. The second kappa shape index (κ2) is 9.36. The van der Waals surface area contributed by atoms with Gasteiger partial charge in [-0.3, -0.25) is 13.5 Å². The van der Waals surface area contributed by atoms with Gasteiger partial charge in [-0.2, -0.15) is 36.5 Å². The van der Waals surface area contributed by atoms with Gasteiger partial charge in [0.2, 0.25) is 5.88 Å². The summed E-state index contributed by atoms with van der Waals surface area (Å²) in [5.74, 6) is -0.502. The Hall–Kier alpha value is -3.04. The van der Waals surface area contributed by atoms with E-state index in [1.807, 2.05) is 0 Å². The number of aromatic hydroxyl groups is 1. The van der Waals surface area contributed by atoms with Gasteiger partial charge in [0.25, 0.3) is 0 Å². The average molecular weight is 573 g/mol. The molecule has 2 aliphatic heterocycles. The van der Waals surface area contributed by atoms with Crippen molar-refractivity contribution in [3.63, 3.8) is 0 Å². The Morgan fingerprint density at radius 2 is 2.05 bits per heavy atom. The van der Waals surface area contributed by atoms with Crippen molar-refractivity contribution in [2.45, 2.75) is 25.2 Å². The number of aromatic nitrogens is 1. The van der Waals surface area contributed by atoms with Crippen LogP contribution in [-0.2, 0) is 33.6 Å². The minimum Gasteiger partial charge on any atom is -0.493 e. The molecule has 3 heterocycles. The van der Waals surface area contributed by atoms with Gasteiger partial charge in [0, 0.05) is 23.6 Å². The van der Waals surface area contributed by atoms with E-state index in [1.54, 1.807) is 18.2 Å². The van der Waals surface area contributed by atoms with E-state index in [0.717, 1.165) is 10.6 Å². The molecular formula is C22H16ClF3N4O5S2. The lowest BCUT2D eigenvalue weighted by molar-refractivity contribution is -0.138. The van der Waals surface area contributed by atoms with E-state index >= 15 is 0 Å². The highest BCUT2D eigenvalue weighted by Gasteiger charge is 2.34. The molecule has 2 aromatic carbocycles. The van der Waals surface area contributed by atoms with Crippen LogP contribution in [0.4, 0.5) is 13.2 Å². The molecule has 3 aromatic rings. The monoisotopic (exact) mass is 572 g/mol. The van der Waals surface area contributed by atoms with Gasteiger partial charge in [0.15, 0.2) is 0 Å². The number of fused-ring (bicyclic) bond motifs is 1. The summed E-state index contributed by atoms with van der Waals surface area (Å²) in [4.78, 5) is 12.2. The van der Waals surface area contributed by atoms with Gasteiger partial charge < -0.3 is 5.11 Å². The Labute approximate surface area is 216 Å². The fourth-order valence-electron chi connectivity index (χ4n) is 4.07. The van der Waals surface area contributed by atoms with Crippen LogP contribution in [0.2, 0.25) is 5.02 Å². The number of hydrogen-bond acceptors (Lipinski definition) is 8. The Kier molecular flexibility index (Phi) is 6.48. The van der Waals surface area contributed by atoms with E-state index in [1.165, 1.54) is 18.3 Å². The third-order valence-corrected chi connectivity index (χ3v) is 8.10. The molecule has 1 fully saturated rings. The van der Waals surface area contributed by atoms with Crippen molar-refractivity contribution in [1.29, 1.82) is 0 Å². The molecule has 194 valence electrons. The first-order valence-corrected chi connectivity index (χ1v) is 13.2. The predicted octanol–water partition coefficient (Wildman–Crippen LogP) is 1.93. The van der Waals surface area contributed by atoms with Crippen molar-refractivity contribution in [3.05, 3.63) is 83.2 Å². The zero-order chi connectivity index (χ0) is 26.5. The summed E-state index contributed by atoms with van der Waals surface area (Å²) in [5, 5.41) is 19.7. The maximum absolute atomic E-state index is 13.8. The van der Waals surface area contributed by atoms with Crippen LogP contribution >= 0.6 is 22.9 Å². The smallest absolute Gasteiger partial charge is 0.416 e. The highest BCUT2D eigenvalue weighted by Crippen LogP contribution is 2.37. The van der Waals surface area contributed by atoms with Crippen molar-refractivity contribution >= 4 is 45.0 Å². The zero-order valence-electron chi connectivity index (χ0n) is 18.5. The summed E-state index contributed by atoms with van der Waals surface area (Å²) in [5.41, 5.74) is -0.197. The van der Waals surface area contributed by atoms with Gasteiger partial charge in [-0.05, 0) is 40.6 Å². The molecule has 0 amide bonds. The molecule has 0 spiro atoms. The minimum absolute atomic E-state index is 0.0432. The standard InChI is InChI=1S/C22H16ClF3N4O5S2/c23-14-3-1-12(17(7-14)22(24,25)26)6-16(11-2-4-18-13(5-11)8-27-28-18)19-20(31)30(21(32)36-19)9-15-10-35-37(33,34)29-15/h1-5,7-8,15,29,31H,6,9-10H2. The molecule has 0 aliphatic carbocycles. The molecule has 2 aliphatic rings. The van der Waals surface area contributed by atoms with E-state index in [-0.39, 0.29) is 40.6 Å².